The summed E-state index contributed by atoms with van der Waals surface area (Å²) in [5, 5.41) is 0. The molecule has 2 fully saturated rings. The maximum absolute atomic E-state index is 5.73. The van der Waals surface area contributed by atoms with Crippen LogP contribution >= 0.6 is 0 Å². The molecule has 0 aromatic rings. The lowest BCUT2D eigenvalue weighted by Crippen LogP contribution is -2.61. The predicted octanol–water partition coefficient (Wildman–Crippen LogP) is 3.39. The third kappa shape index (κ3) is 5.22. The number of rotatable bonds is 8. The van der Waals surface area contributed by atoms with Crippen molar-refractivity contribution in [2.24, 2.45) is 5.92 Å². The number of nitrogens with zero attached hydrogens (tertiary/aromatic N) is 2. The first-order valence-electron chi connectivity index (χ1n) is 9.28. The maximum atomic E-state index is 5.73. The van der Waals surface area contributed by atoms with E-state index in [-0.39, 0.29) is 0 Å². The van der Waals surface area contributed by atoms with Gasteiger partial charge in [0.05, 0.1) is 0 Å². The van der Waals surface area contributed by atoms with Gasteiger partial charge in [-0.25, -0.2) is 0 Å². The first-order valence-corrected chi connectivity index (χ1v) is 9.28. The Bertz CT molecular complexity index is 282. The molecule has 2 saturated heterocycles. The lowest BCUT2D eigenvalue weighted by molar-refractivity contribution is -0.0116. The zero-order valence-electron chi connectivity index (χ0n) is 14.5. The van der Waals surface area contributed by atoms with Crippen LogP contribution in [0.5, 0.6) is 0 Å². The minimum absolute atomic E-state index is 0.745. The number of fused-ring (bicyclic) bond motifs is 1. The van der Waals surface area contributed by atoms with Crippen molar-refractivity contribution >= 4 is 0 Å². The van der Waals surface area contributed by atoms with Gasteiger partial charge in [0.25, 0.3) is 0 Å². The van der Waals surface area contributed by atoms with Gasteiger partial charge in [0, 0.05) is 44.9 Å². The Morgan fingerprint density at radius 2 is 1.90 bits per heavy atom. The fourth-order valence-electron chi connectivity index (χ4n) is 3.88. The van der Waals surface area contributed by atoms with E-state index in [1.54, 1.807) is 0 Å². The summed E-state index contributed by atoms with van der Waals surface area (Å²) in [7, 11) is 0. The van der Waals surface area contributed by atoms with Crippen LogP contribution in [-0.2, 0) is 4.74 Å². The molecule has 3 heteroatoms. The van der Waals surface area contributed by atoms with E-state index in [0.717, 1.165) is 31.2 Å². The molecule has 2 unspecified atom stereocenters. The Balaban J connectivity index is 1.75. The fraction of sp³-hybridized carbons (Fsp3) is 1.00. The smallest absolute Gasteiger partial charge is 0.0478 e. The summed E-state index contributed by atoms with van der Waals surface area (Å²) >= 11 is 0. The summed E-state index contributed by atoms with van der Waals surface area (Å²) in [6.07, 6.45) is 7.89. The minimum Gasteiger partial charge on any atom is -0.381 e. The van der Waals surface area contributed by atoms with E-state index in [1.807, 2.05) is 0 Å². The van der Waals surface area contributed by atoms with Crippen molar-refractivity contribution in [2.75, 3.05) is 39.4 Å². The van der Waals surface area contributed by atoms with Crippen molar-refractivity contribution in [2.45, 2.75) is 71.4 Å². The molecule has 21 heavy (non-hydrogen) atoms. The van der Waals surface area contributed by atoms with Gasteiger partial charge >= 0.3 is 0 Å². The van der Waals surface area contributed by atoms with Crippen LogP contribution < -0.4 is 0 Å². The standard InChI is InChI=1S/C18H36N2O/c1-4-5-12-21-13-8-11-20-14-17-9-6-7-10-19(17)15-18(20)16(2)3/h16-18H,4-15H2,1-3H3. The van der Waals surface area contributed by atoms with Gasteiger partial charge in [-0.3, -0.25) is 9.80 Å². The van der Waals surface area contributed by atoms with Crippen LogP contribution in [0.2, 0.25) is 0 Å². The highest BCUT2D eigenvalue weighted by atomic mass is 16.5. The molecule has 0 radical (unpaired) electrons. The molecule has 3 nitrogen and oxygen atoms in total. The van der Waals surface area contributed by atoms with Gasteiger partial charge in [-0.15, -0.1) is 0 Å². The highest BCUT2D eigenvalue weighted by molar-refractivity contribution is 4.91. The van der Waals surface area contributed by atoms with E-state index in [9.17, 15) is 0 Å². The summed E-state index contributed by atoms with van der Waals surface area (Å²) in [5.41, 5.74) is 0. The molecule has 0 N–H and O–H groups in total. The number of piperazine rings is 1. The first-order chi connectivity index (χ1) is 10.2. The van der Waals surface area contributed by atoms with Crippen LogP contribution in [0.3, 0.4) is 0 Å². The molecule has 2 aliphatic heterocycles. The fourth-order valence-corrected chi connectivity index (χ4v) is 3.88. The van der Waals surface area contributed by atoms with Crippen molar-refractivity contribution in [1.82, 2.24) is 9.80 Å². The topological polar surface area (TPSA) is 15.7 Å². The van der Waals surface area contributed by atoms with Gasteiger partial charge in [-0.2, -0.15) is 0 Å². The maximum Gasteiger partial charge on any atom is 0.0478 e. The van der Waals surface area contributed by atoms with E-state index in [2.05, 4.69) is 30.6 Å². The summed E-state index contributed by atoms with van der Waals surface area (Å²) in [6, 6.07) is 1.57. The number of ether oxygens (including phenoxy) is 1. The summed E-state index contributed by atoms with van der Waals surface area (Å²) in [4.78, 5) is 5.53. The Labute approximate surface area is 132 Å². The van der Waals surface area contributed by atoms with Crippen molar-refractivity contribution in [1.29, 1.82) is 0 Å². The van der Waals surface area contributed by atoms with Crippen LogP contribution in [0.25, 0.3) is 0 Å². The zero-order chi connectivity index (χ0) is 15.1. The molecular weight excluding hydrogens is 260 g/mol. The highest BCUT2D eigenvalue weighted by Crippen LogP contribution is 2.27. The van der Waals surface area contributed by atoms with Crippen molar-refractivity contribution in [3.63, 3.8) is 0 Å². The van der Waals surface area contributed by atoms with E-state index in [0.29, 0.717) is 0 Å². The Kier molecular flexibility index (Phi) is 7.48. The van der Waals surface area contributed by atoms with Gasteiger partial charge < -0.3 is 4.74 Å². The Hall–Kier alpha value is -0.120. The molecule has 2 rings (SSSR count). The molecule has 124 valence electrons. The molecule has 2 heterocycles. The van der Waals surface area contributed by atoms with Crippen LogP contribution in [0.1, 0.15) is 59.3 Å². The molecule has 0 spiro atoms. The minimum atomic E-state index is 0.745. The lowest BCUT2D eigenvalue weighted by Gasteiger charge is -2.50. The molecule has 0 amide bonds. The van der Waals surface area contributed by atoms with Crippen molar-refractivity contribution in [3.8, 4) is 0 Å². The van der Waals surface area contributed by atoms with Gasteiger partial charge in [0.2, 0.25) is 0 Å². The molecule has 0 aromatic heterocycles. The molecule has 0 aromatic carbocycles. The number of hydrogen-bond donors (Lipinski definition) is 0. The van der Waals surface area contributed by atoms with Gasteiger partial charge in [-0.05, 0) is 38.1 Å². The monoisotopic (exact) mass is 296 g/mol. The van der Waals surface area contributed by atoms with Crippen molar-refractivity contribution in [3.05, 3.63) is 0 Å². The van der Waals surface area contributed by atoms with Crippen LogP contribution in [0.4, 0.5) is 0 Å². The van der Waals surface area contributed by atoms with Gasteiger partial charge in [-0.1, -0.05) is 33.6 Å². The van der Waals surface area contributed by atoms with E-state index < -0.39 is 0 Å². The number of piperidine rings is 1. The van der Waals surface area contributed by atoms with E-state index in [1.165, 1.54) is 64.7 Å². The second-order valence-corrected chi connectivity index (χ2v) is 7.27. The summed E-state index contributed by atoms with van der Waals surface area (Å²) < 4.78 is 5.73. The third-order valence-corrected chi connectivity index (χ3v) is 5.23. The molecular formula is C18H36N2O. The third-order valence-electron chi connectivity index (χ3n) is 5.23. The second-order valence-electron chi connectivity index (χ2n) is 7.27. The van der Waals surface area contributed by atoms with E-state index >= 15 is 0 Å². The average Bonchev–Trinajstić information content (AvgIpc) is 2.49. The quantitative estimate of drug-likeness (QED) is 0.639. The SMILES string of the molecule is CCCCOCCCN1CC2CCCCN2CC1C(C)C. The number of unbranched alkanes of at least 4 members (excludes halogenated alkanes) is 1. The summed E-state index contributed by atoms with van der Waals surface area (Å²) in [5.74, 6) is 0.758. The molecule has 2 atom stereocenters. The highest BCUT2D eigenvalue weighted by Gasteiger charge is 2.35. The first kappa shape index (κ1) is 17.2. The number of hydrogen-bond acceptors (Lipinski definition) is 3. The van der Waals surface area contributed by atoms with Crippen LogP contribution in [-0.4, -0.2) is 61.3 Å². The zero-order valence-corrected chi connectivity index (χ0v) is 14.5. The lowest BCUT2D eigenvalue weighted by atomic mass is 9.92. The van der Waals surface area contributed by atoms with Crippen LogP contribution in [0, 0.1) is 5.92 Å². The van der Waals surface area contributed by atoms with E-state index in [4.69, 9.17) is 4.74 Å². The molecule has 2 aliphatic rings. The molecule has 0 aliphatic carbocycles. The average molecular weight is 296 g/mol. The normalized spacial score (nSPS) is 28.0. The Morgan fingerprint density at radius 1 is 1.10 bits per heavy atom. The largest absolute Gasteiger partial charge is 0.381 e. The molecule has 0 saturated carbocycles. The van der Waals surface area contributed by atoms with Crippen LogP contribution in [0.15, 0.2) is 0 Å². The second kappa shape index (κ2) is 9.12. The van der Waals surface area contributed by atoms with Crippen molar-refractivity contribution < 1.29 is 4.74 Å². The van der Waals surface area contributed by atoms with Gasteiger partial charge in [0.1, 0.15) is 0 Å². The van der Waals surface area contributed by atoms with Gasteiger partial charge in [0.15, 0.2) is 0 Å². The predicted molar refractivity (Wildman–Crippen MR) is 89.8 cm³/mol. The summed E-state index contributed by atoms with van der Waals surface area (Å²) in [6.45, 7) is 14.0. The molecule has 0 bridgehead atoms. The Morgan fingerprint density at radius 3 is 2.67 bits per heavy atom.